The van der Waals surface area contributed by atoms with E-state index in [0.29, 0.717) is 6.42 Å². The van der Waals surface area contributed by atoms with Gasteiger partial charge in [-0.15, -0.1) is 0 Å². The van der Waals surface area contributed by atoms with Crippen LogP contribution < -0.4 is 15.5 Å². The van der Waals surface area contributed by atoms with Gasteiger partial charge >= 0.3 is 0 Å². The third kappa shape index (κ3) is 6.21. The maximum atomic E-state index is 12.0. The van der Waals surface area contributed by atoms with Gasteiger partial charge in [0.05, 0.1) is 0 Å². The largest absolute Gasteiger partial charge is 0.356 e. The van der Waals surface area contributed by atoms with Crippen molar-refractivity contribution >= 4 is 11.9 Å². The van der Waals surface area contributed by atoms with Crippen molar-refractivity contribution in [3.63, 3.8) is 0 Å². The van der Waals surface area contributed by atoms with Gasteiger partial charge in [-0.3, -0.25) is 9.69 Å². The van der Waals surface area contributed by atoms with Crippen LogP contribution in [0.15, 0.2) is 18.5 Å². The van der Waals surface area contributed by atoms with Gasteiger partial charge in [-0.25, -0.2) is 9.97 Å². The first kappa shape index (κ1) is 19.0. The van der Waals surface area contributed by atoms with Crippen LogP contribution in [0.25, 0.3) is 0 Å². The molecule has 2 aliphatic heterocycles. The zero-order valence-electron chi connectivity index (χ0n) is 15.7. The van der Waals surface area contributed by atoms with Gasteiger partial charge in [0.15, 0.2) is 0 Å². The maximum absolute atomic E-state index is 12.0. The molecule has 0 aliphatic carbocycles. The van der Waals surface area contributed by atoms with Gasteiger partial charge in [0.2, 0.25) is 11.9 Å². The van der Waals surface area contributed by atoms with E-state index in [1.165, 1.54) is 12.8 Å². The summed E-state index contributed by atoms with van der Waals surface area (Å²) in [5.74, 6) is 1.77. The number of piperidine rings is 1. The molecule has 0 unspecified atom stereocenters. The maximum Gasteiger partial charge on any atom is 0.225 e. The van der Waals surface area contributed by atoms with Gasteiger partial charge in [-0.2, -0.15) is 0 Å². The van der Waals surface area contributed by atoms with Crippen LogP contribution in [0, 0.1) is 5.92 Å². The Labute approximate surface area is 156 Å². The highest BCUT2D eigenvalue weighted by molar-refractivity contribution is 5.75. The first-order valence-electron chi connectivity index (χ1n) is 10.0. The van der Waals surface area contributed by atoms with Crippen LogP contribution in [0.5, 0.6) is 0 Å². The molecule has 1 amide bonds. The smallest absolute Gasteiger partial charge is 0.225 e. The zero-order valence-corrected chi connectivity index (χ0v) is 15.7. The Balaban J connectivity index is 1.22. The average molecular weight is 361 g/mol. The van der Waals surface area contributed by atoms with Crippen molar-refractivity contribution in [2.45, 2.75) is 32.1 Å². The standard InChI is InChI=1S/C19H32N6O/c26-18(4-3-17-5-10-20-11-6-17)21-9-2-12-24-13-15-25(16-14-24)19-22-7-1-8-23-19/h1,7-8,17,20H,2-6,9-16H2,(H,21,26). The second kappa shape index (κ2) is 10.4. The highest BCUT2D eigenvalue weighted by Gasteiger charge is 2.18. The van der Waals surface area contributed by atoms with Crippen molar-refractivity contribution in [3.05, 3.63) is 18.5 Å². The summed E-state index contributed by atoms with van der Waals surface area (Å²) in [4.78, 5) is 25.3. The van der Waals surface area contributed by atoms with E-state index in [-0.39, 0.29) is 5.91 Å². The van der Waals surface area contributed by atoms with E-state index >= 15 is 0 Å². The predicted molar refractivity (Wildman–Crippen MR) is 103 cm³/mol. The molecule has 3 rings (SSSR count). The lowest BCUT2D eigenvalue weighted by atomic mass is 9.93. The minimum atomic E-state index is 0.217. The molecule has 2 N–H and O–H groups in total. The molecule has 2 saturated heterocycles. The molecule has 0 saturated carbocycles. The number of rotatable bonds is 8. The number of amides is 1. The second-order valence-corrected chi connectivity index (χ2v) is 7.31. The number of anilines is 1. The van der Waals surface area contributed by atoms with Crippen molar-refractivity contribution < 1.29 is 4.79 Å². The summed E-state index contributed by atoms with van der Waals surface area (Å²) in [7, 11) is 0. The summed E-state index contributed by atoms with van der Waals surface area (Å²) >= 11 is 0. The lowest BCUT2D eigenvalue weighted by Crippen LogP contribution is -2.47. The Kier molecular flexibility index (Phi) is 7.64. The van der Waals surface area contributed by atoms with Crippen LogP contribution in [0.1, 0.15) is 32.1 Å². The lowest BCUT2D eigenvalue weighted by molar-refractivity contribution is -0.121. The van der Waals surface area contributed by atoms with Gasteiger partial charge in [-0.05, 0) is 57.3 Å². The van der Waals surface area contributed by atoms with Gasteiger partial charge in [0.25, 0.3) is 0 Å². The molecular weight excluding hydrogens is 328 g/mol. The molecule has 26 heavy (non-hydrogen) atoms. The Bertz CT molecular complexity index is 526. The van der Waals surface area contributed by atoms with Gasteiger partial charge in [0.1, 0.15) is 0 Å². The summed E-state index contributed by atoms with van der Waals surface area (Å²) in [6.07, 6.45) is 8.75. The average Bonchev–Trinajstić information content (AvgIpc) is 2.71. The number of carbonyl (C=O) groups is 1. The fourth-order valence-electron chi connectivity index (χ4n) is 3.75. The normalized spacial score (nSPS) is 19.5. The van der Waals surface area contributed by atoms with E-state index in [4.69, 9.17) is 0 Å². The van der Waals surface area contributed by atoms with E-state index < -0.39 is 0 Å². The van der Waals surface area contributed by atoms with Crippen LogP contribution in [0.4, 0.5) is 5.95 Å². The first-order chi connectivity index (χ1) is 12.8. The van der Waals surface area contributed by atoms with Crippen molar-refractivity contribution in [1.82, 2.24) is 25.5 Å². The predicted octanol–water partition coefficient (Wildman–Crippen LogP) is 0.885. The van der Waals surface area contributed by atoms with E-state index in [1.54, 1.807) is 12.4 Å². The molecule has 144 valence electrons. The second-order valence-electron chi connectivity index (χ2n) is 7.31. The topological polar surface area (TPSA) is 73.4 Å². The number of hydrogen-bond donors (Lipinski definition) is 2. The van der Waals surface area contributed by atoms with E-state index in [9.17, 15) is 4.79 Å². The third-order valence-electron chi connectivity index (χ3n) is 5.42. The van der Waals surface area contributed by atoms with E-state index in [2.05, 4.69) is 30.4 Å². The molecule has 0 radical (unpaired) electrons. The highest BCUT2D eigenvalue weighted by Crippen LogP contribution is 2.17. The number of aromatic nitrogens is 2. The molecule has 1 aromatic rings. The lowest BCUT2D eigenvalue weighted by Gasteiger charge is -2.34. The molecule has 0 atom stereocenters. The molecule has 0 aromatic carbocycles. The highest BCUT2D eigenvalue weighted by atomic mass is 16.1. The molecule has 0 bridgehead atoms. The van der Waals surface area contributed by atoms with Crippen LogP contribution >= 0.6 is 0 Å². The van der Waals surface area contributed by atoms with Gasteiger partial charge < -0.3 is 15.5 Å². The Morgan fingerprint density at radius 2 is 1.88 bits per heavy atom. The number of carbonyl (C=O) groups excluding carboxylic acids is 1. The van der Waals surface area contributed by atoms with Crippen molar-refractivity contribution in [1.29, 1.82) is 0 Å². The van der Waals surface area contributed by atoms with Crippen molar-refractivity contribution in [3.8, 4) is 0 Å². The van der Waals surface area contributed by atoms with Crippen LogP contribution in [0.2, 0.25) is 0 Å². The summed E-state index contributed by atoms with van der Waals surface area (Å²) in [5.41, 5.74) is 0. The van der Waals surface area contributed by atoms with Crippen molar-refractivity contribution in [2.75, 3.05) is 57.3 Å². The molecule has 2 aliphatic rings. The molecule has 7 nitrogen and oxygen atoms in total. The molecule has 1 aromatic heterocycles. The Hall–Kier alpha value is -1.73. The van der Waals surface area contributed by atoms with Crippen LogP contribution in [-0.4, -0.2) is 73.1 Å². The van der Waals surface area contributed by atoms with Crippen molar-refractivity contribution in [2.24, 2.45) is 5.92 Å². The first-order valence-corrected chi connectivity index (χ1v) is 10.0. The molecule has 2 fully saturated rings. The summed E-state index contributed by atoms with van der Waals surface area (Å²) < 4.78 is 0. The third-order valence-corrected chi connectivity index (χ3v) is 5.42. The number of hydrogen-bond acceptors (Lipinski definition) is 6. The van der Waals surface area contributed by atoms with Gasteiger partial charge in [0, 0.05) is 51.5 Å². The van der Waals surface area contributed by atoms with Gasteiger partial charge in [-0.1, -0.05) is 0 Å². The minimum Gasteiger partial charge on any atom is -0.356 e. The summed E-state index contributed by atoms with van der Waals surface area (Å²) in [6.45, 7) is 8.03. The van der Waals surface area contributed by atoms with Crippen LogP contribution in [0.3, 0.4) is 0 Å². The molecule has 3 heterocycles. The van der Waals surface area contributed by atoms with E-state index in [1.807, 2.05) is 6.07 Å². The Morgan fingerprint density at radius 3 is 2.62 bits per heavy atom. The monoisotopic (exact) mass is 360 g/mol. The quantitative estimate of drug-likeness (QED) is 0.671. The number of nitrogens with one attached hydrogen (secondary N) is 2. The van der Waals surface area contributed by atoms with Crippen LogP contribution in [-0.2, 0) is 4.79 Å². The summed E-state index contributed by atoms with van der Waals surface area (Å²) in [5, 5.41) is 6.46. The number of piperazine rings is 1. The minimum absolute atomic E-state index is 0.217. The Morgan fingerprint density at radius 1 is 1.15 bits per heavy atom. The SMILES string of the molecule is O=C(CCC1CCNCC1)NCCCN1CCN(c2ncccn2)CC1. The fourth-order valence-corrected chi connectivity index (χ4v) is 3.75. The number of nitrogens with zero attached hydrogens (tertiary/aromatic N) is 4. The molecular formula is C19H32N6O. The molecule has 7 heteroatoms. The van der Waals surface area contributed by atoms with E-state index in [0.717, 1.165) is 77.1 Å². The molecule has 0 spiro atoms. The summed E-state index contributed by atoms with van der Waals surface area (Å²) in [6, 6.07) is 1.85. The zero-order chi connectivity index (χ0) is 18.0. The fraction of sp³-hybridized carbons (Fsp3) is 0.737.